The lowest BCUT2D eigenvalue weighted by molar-refractivity contribution is -0.140. The number of halogens is 1. The maximum absolute atomic E-state index is 13.6. The molecule has 2 fully saturated rings. The van der Waals surface area contributed by atoms with Gasteiger partial charge in [-0.15, -0.1) is 0 Å². The lowest BCUT2D eigenvalue weighted by Gasteiger charge is -2.26. The first-order valence-corrected chi connectivity index (χ1v) is 7.17. The second-order valence-electron chi connectivity index (χ2n) is 5.95. The van der Waals surface area contributed by atoms with Crippen molar-refractivity contribution in [3.63, 3.8) is 0 Å². The summed E-state index contributed by atoms with van der Waals surface area (Å²) < 4.78 is 13.6. The molecule has 0 atom stereocenters. The Bertz CT molecular complexity index is 499. The smallest absolute Gasteiger partial charge is 0.314 e. The van der Waals surface area contributed by atoms with Crippen molar-refractivity contribution in [3.05, 3.63) is 35.1 Å². The summed E-state index contributed by atoms with van der Waals surface area (Å²) in [6.07, 6.45) is 7.08. The molecule has 3 rings (SSSR count). The van der Waals surface area contributed by atoms with E-state index in [9.17, 15) is 14.3 Å². The fraction of sp³-hybridized carbons (Fsp3) is 0.562. The van der Waals surface area contributed by atoms with Crippen LogP contribution >= 0.6 is 0 Å². The van der Waals surface area contributed by atoms with Crippen LogP contribution in [0.1, 0.15) is 62.0 Å². The van der Waals surface area contributed by atoms with Gasteiger partial charge in [-0.05, 0) is 54.9 Å². The van der Waals surface area contributed by atoms with Crippen molar-refractivity contribution in [2.75, 3.05) is 0 Å². The topological polar surface area (TPSA) is 37.3 Å². The molecule has 2 saturated carbocycles. The first kappa shape index (κ1) is 12.6. The zero-order valence-corrected chi connectivity index (χ0v) is 11.0. The Morgan fingerprint density at radius 2 is 1.89 bits per heavy atom. The number of carboxylic acids is 1. The van der Waals surface area contributed by atoms with E-state index in [2.05, 4.69) is 0 Å². The molecule has 0 saturated heterocycles. The molecule has 0 bridgehead atoms. The average Bonchev–Trinajstić information content (AvgIpc) is 3.21. The van der Waals surface area contributed by atoms with Gasteiger partial charge in [0.25, 0.3) is 0 Å². The van der Waals surface area contributed by atoms with Crippen LogP contribution < -0.4 is 0 Å². The third-order valence-corrected chi connectivity index (χ3v) is 4.73. The minimum absolute atomic E-state index is 0.245. The molecule has 0 aliphatic heterocycles. The maximum atomic E-state index is 13.6. The van der Waals surface area contributed by atoms with Gasteiger partial charge in [0, 0.05) is 0 Å². The van der Waals surface area contributed by atoms with Gasteiger partial charge in [0.05, 0.1) is 5.41 Å². The highest BCUT2D eigenvalue weighted by Gasteiger charge is 2.53. The van der Waals surface area contributed by atoms with E-state index < -0.39 is 11.4 Å². The van der Waals surface area contributed by atoms with Crippen LogP contribution in [0.15, 0.2) is 18.2 Å². The number of aliphatic carboxylic acids is 1. The second kappa shape index (κ2) is 4.62. The fourth-order valence-electron chi connectivity index (χ4n) is 3.44. The lowest BCUT2D eigenvalue weighted by Crippen LogP contribution is -2.23. The standard InChI is InChI=1S/C16H19FO2/c17-12-6-7-14(16(8-9-16)15(18)19)13(10-12)11-4-2-1-3-5-11/h6-7,10-11H,1-5,8-9H2,(H,18,19). The molecule has 0 heterocycles. The molecule has 0 radical (unpaired) electrons. The normalized spacial score (nSPS) is 22.2. The molecule has 102 valence electrons. The number of carbonyl (C=O) groups is 1. The van der Waals surface area contributed by atoms with Gasteiger partial charge in [0.1, 0.15) is 5.82 Å². The van der Waals surface area contributed by atoms with Crippen molar-refractivity contribution in [2.45, 2.75) is 56.3 Å². The summed E-state index contributed by atoms with van der Waals surface area (Å²) in [5, 5.41) is 9.46. The summed E-state index contributed by atoms with van der Waals surface area (Å²) in [5.41, 5.74) is 1.11. The van der Waals surface area contributed by atoms with Crippen LogP contribution in [0.2, 0.25) is 0 Å². The summed E-state index contributed by atoms with van der Waals surface area (Å²) in [7, 11) is 0. The van der Waals surface area contributed by atoms with E-state index in [1.807, 2.05) is 0 Å². The third-order valence-electron chi connectivity index (χ3n) is 4.73. The Labute approximate surface area is 112 Å². The van der Waals surface area contributed by atoms with Crippen LogP contribution in [0.3, 0.4) is 0 Å². The molecule has 0 aromatic heterocycles. The van der Waals surface area contributed by atoms with E-state index in [0.717, 1.165) is 24.0 Å². The van der Waals surface area contributed by atoms with Gasteiger partial charge in [-0.25, -0.2) is 4.39 Å². The highest BCUT2D eigenvalue weighted by molar-refractivity contribution is 5.85. The maximum Gasteiger partial charge on any atom is 0.314 e. The van der Waals surface area contributed by atoms with Crippen LogP contribution in [-0.4, -0.2) is 11.1 Å². The number of hydrogen-bond acceptors (Lipinski definition) is 1. The Morgan fingerprint density at radius 3 is 2.47 bits per heavy atom. The van der Waals surface area contributed by atoms with E-state index in [-0.39, 0.29) is 5.82 Å². The largest absolute Gasteiger partial charge is 0.481 e. The molecule has 1 aromatic carbocycles. The molecular formula is C16H19FO2. The first-order valence-electron chi connectivity index (χ1n) is 7.17. The third kappa shape index (κ3) is 2.15. The summed E-state index contributed by atoms with van der Waals surface area (Å²) in [4.78, 5) is 11.5. The molecule has 2 nitrogen and oxygen atoms in total. The van der Waals surface area contributed by atoms with Crippen LogP contribution in [-0.2, 0) is 10.2 Å². The molecule has 2 aliphatic carbocycles. The Hall–Kier alpha value is -1.38. The lowest BCUT2D eigenvalue weighted by atomic mass is 9.78. The molecule has 1 aromatic rings. The summed E-state index contributed by atoms with van der Waals surface area (Å²) >= 11 is 0. The van der Waals surface area contributed by atoms with E-state index in [1.54, 1.807) is 12.1 Å². The van der Waals surface area contributed by atoms with E-state index in [0.29, 0.717) is 18.8 Å². The van der Waals surface area contributed by atoms with E-state index >= 15 is 0 Å². The first-order chi connectivity index (χ1) is 9.13. The Kier molecular flexibility index (Phi) is 3.08. The number of carboxylic acid groups (broad SMARTS) is 1. The Morgan fingerprint density at radius 1 is 1.21 bits per heavy atom. The number of rotatable bonds is 3. The van der Waals surface area contributed by atoms with Gasteiger partial charge in [-0.3, -0.25) is 4.79 Å². The van der Waals surface area contributed by atoms with Gasteiger partial charge >= 0.3 is 5.97 Å². The highest BCUT2D eigenvalue weighted by Crippen LogP contribution is 2.51. The van der Waals surface area contributed by atoms with Crippen molar-refractivity contribution in [1.29, 1.82) is 0 Å². The van der Waals surface area contributed by atoms with Crippen LogP contribution in [0.25, 0.3) is 0 Å². The van der Waals surface area contributed by atoms with Crippen LogP contribution in [0.4, 0.5) is 4.39 Å². The van der Waals surface area contributed by atoms with Crippen molar-refractivity contribution >= 4 is 5.97 Å². The van der Waals surface area contributed by atoms with Crippen LogP contribution in [0, 0.1) is 5.82 Å². The van der Waals surface area contributed by atoms with Gasteiger partial charge in [-0.2, -0.15) is 0 Å². The molecule has 2 aliphatic rings. The predicted octanol–water partition coefficient (Wildman–Crippen LogP) is 3.99. The molecule has 0 amide bonds. The van der Waals surface area contributed by atoms with Crippen molar-refractivity contribution in [1.82, 2.24) is 0 Å². The second-order valence-corrected chi connectivity index (χ2v) is 5.95. The SMILES string of the molecule is O=C(O)C1(c2ccc(F)cc2C2CCCCC2)CC1. The minimum Gasteiger partial charge on any atom is -0.481 e. The minimum atomic E-state index is -0.754. The van der Waals surface area contributed by atoms with Gasteiger partial charge in [-0.1, -0.05) is 25.3 Å². The summed E-state index contributed by atoms with van der Waals surface area (Å²) in [5.74, 6) is -0.655. The highest BCUT2D eigenvalue weighted by atomic mass is 19.1. The Balaban J connectivity index is 2.02. The van der Waals surface area contributed by atoms with E-state index in [1.165, 1.54) is 25.3 Å². The quantitative estimate of drug-likeness (QED) is 0.894. The monoisotopic (exact) mass is 262 g/mol. The zero-order valence-electron chi connectivity index (χ0n) is 11.0. The molecule has 1 N–H and O–H groups in total. The van der Waals surface area contributed by atoms with Crippen LogP contribution in [0.5, 0.6) is 0 Å². The molecule has 0 unspecified atom stereocenters. The number of benzene rings is 1. The summed E-state index contributed by atoms with van der Waals surface area (Å²) in [6, 6.07) is 4.69. The molecular weight excluding hydrogens is 243 g/mol. The zero-order chi connectivity index (χ0) is 13.5. The van der Waals surface area contributed by atoms with Gasteiger partial charge in [0.2, 0.25) is 0 Å². The van der Waals surface area contributed by atoms with Gasteiger partial charge < -0.3 is 5.11 Å². The summed E-state index contributed by atoms with van der Waals surface area (Å²) in [6.45, 7) is 0. The average molecular weight is 262 g/mol. The molecule has 19 heavy (non-hydrogen) atoms. The van der Waals surface area contributed by atoms with E-state index in [4.69, 9.17) is 0 Å². The number of hydrogen-bond donors (Lipinski definition) is 1. The van der Waals surface area contributed by atoms with Gasteiger partial charge in [0.15, 0.2) is 0 Å². The molecule has 0 spiro atoms. The van der Waals surface area contributed by atoms with Crippen molar-refractivity contribution in [2.24, 2.45) is 0 Å². The van der Waals surface area contributed by atoms with Crippen molar-refractivity contribution < 1.29 is 14.3 Å². The molecule has 3 heteroatoms. The van der Waals surface area contributed by atoms with Crippen molar-refractivity contribution in [3.8, 4) is 0 Å². The predicted molar refractivity (Wildman–Crippen MR) is 70.8 cm³/mol. The fourth-order valence-corrected chi connectivity index (χ4v) is 3.44.